The average Bonchev–Trinajstić information content (AvgIpc) is 3.54. The molecule has 1 aliphatic rings. The largest absolute Gasteiger partial charge is 0.394 e. The number of rotatable bonds is 22. The Hall–Kier alpha value is -0.870. The molecule has 1 rings (SSSR count). The third kappa shape index (κ3) is 14.0. The van der Waals surface area contributed by atoms with Gasteiger partial charge >= 0.3 is 0 Å². The van der Waals surface area contributed by atoms with Gasteiger partial charge in [0.1, 0.15) is 0 Å². The number of hydrogen-bond donors (Lipinski definition) is 3. The van der Waals surface area contributed by atoms with E-state index in [-0.39, 0.29) is 12.5 Å². The normalized spacial score (nSPS) is 15.2. The Morgan fingerprint density at radius 1 is 0.806 bits per heavy atom. The first-order valence-electron chi connectivity index (χ1n) is 13.4. The fourth-order valence-corrected chi connectivity index (χ4v) is 4.39. The van der Waals surface area contributed by atoms with E-state index in [0.717, 1.165) is 31.3 Å². The molecule has 4 nitrogen and oxygen atoms in total. The molecule has 0 aromatic heterocycles. The SMILES string of the molecule is CCCCCCCCCCCCCC1=C([C@@H](O)[C@@H](CO)NC(=O)CCCCCCC)C1. The smallest absolute Gasteiger partial charge is 0.220 e. The van der Waals surface area contributed by atoms with Gasteiger partial charge in [0.05, 0.1) is 18.8 Å². The molecular weight excluding hydrogens is 386 g/mol. The second kappa shape index (κ2) is 18.7. The number of hydrogen-bond acceptors (Lipinski definition) is 3. The molecule has 3 N–H and O–H groups in total. The Morgan fingerprint density at radius 2 is 1.29 bits per heavy atom. The van der Waals surface area contributed by atoms with Gasteiger partial charge in [-0.1, -0.05) is 109 Å². The lowest BCUT2D eigenvalue weighted by Crippen LogP contribution is -2.45. The zero-order valence-corrected chi connectivity index (χ0v) is 20.6. The van der Waals surface area contributed by atoms with Crippen LogP contribution < -0.4 is 5.32 Å². The highest BCUT2D eigenvalue weighted by Gasteiger charge is 2.33. The van der Waals surface area contributed by atoms with Gasteiger partial charge in [-0.2, -0.15) is 0 Å². The summed E-state index contributed by atoms with van der Waals surface area (Å²) in [5, 5.41) is 23.0. The minimum absolute atomic E-state index is 0.0530. The van der Waals surface area contributed by atoms with Gasteiger partial charge in [-0.25, -0.2) is 0 Å². The molecule has 0 saturated heterocycles. The molecule has 2 atom stereocenters. The molecule has 0 spiro atoms. The van der Waals surface area contributed by atoms with Crippen molar-refractivity contribution < 1.29 is 15.0 Å². The molecule has 0 heterocycles. The van der Waals surface area contributed by atoms with E-state index >= 15 is 0 Å². The van der Waals surface area contributed by atoms with Crippen molar-refractivity contribution in [2.45, 2.75) is 148 Å². The number of nitrogens with one attached hydrogen (secondary N) is 1. The molecular formula is C27H51NO3. The number of carbonyl (C=O) groups is 1. The van der Waals surface area contributed by atoms with Crippen molar-refractivity contribution in [3.63, 3.8) is 0 Å². The van der Waals surface area contributed by atoms with Crippen LogP contribution >= 0.6 is 0 Å². The summed E-state index contributed by atoms with van der Waals surface area (Å²) >= 11 is 0. The quantitative estimate of drug-likeness (QED) is 0.132. The van der Waals surface area contributed by atoms with Crippen molar-refractivity contribution in [3.8, 4) is 0 Å². The summed E-state index contributed by atoms with van der Waals surface area (Å²) in [7, 11) is 0. The van der Waals surface area contributed by atoms with E-state index in [0.29, 0.717) is 6.42 Å². The zero-order valence-electron chi connectivity index (χ0n) is 20.6. The number of amides is 1. The van der Waals surface area contributed by atoms with E-state index in [2.05, 4.69) is 19.2 Å². The van der Waals surface area contributed by atoms with Crippen LogP contribution in [0.2, 0.25) is 0 Å². The molecule has 0 aromatic rings. The maximum Gasteiger partial charge on any atom is 0.220 e. The van der Waals surface area contributed by atoms with Gasteiger partial charge in [0.2, 0.25) is 5.91 Å². The van der Waals surface area contributed by atoms with E-state index in [1.807, 2.05) is 0 Å². The van der Waals surface area contributed by atoms with Gasteiger partial charge in [-0.05, 0) is 31.3 Å². The topological polar surface area (TPSA) is 69.6 Å². The fourth-order valence-electron chi connectivity index (χ4n) is 4.39. The first-order valence-corrected chi connectivity index (χ1v) is 13.4. The fraction of sp³-hybridized carbons (Fsp3) is 0.889. The van der Waals surface area contributed by atoms with E-state index < -0.39 is 12.1 Å². The minimum Gasteiger partial charge on any atom is -0.394 e. The van der Waals surface area contributed by atoms with Gasteiger partial charge in [0, 0.05) is 6.42 Å². The van der Waals surface area contributed by atoms with Crippen LogP contribution in [-0.2, 0) is 4.79 Å². The Labute approximate surface area is 192 Å². The van der Waals surface area contributed by atoms with Gasteiger partial charge in [0.15, 0.2) is 0 Å². The lowest BCUT2D eigenvalue weighted by Gasteiger charge is -2.20. The molecule has 0 saturated carbocycles. The summed E-state index contributed by atoms with van der Waals surface area (Å²) in [5.41, 5.74) is 2.39. The van der Waals surface area contributed by atoms with Crippen LogP contribution in [0.5, 0.6) is 0 Å². The van der Waals surface area contributed by atoms with Crippen molar-refractivity contribution in [3.05, 3.63) is 11.1 Å². The second-order valence-corrected chi connectivity index (χ2v) is 9.56. The third-order valence-corrected chi connectivity index (χ3v) is 6.60. The summed E-state index contributed by atoms with van der Waals surface area (Å²) in [6, 6.07) is -0.562. The third-order valence-electron chi connectivity index (χ3n) is 6.60. The zero-order chi connectivity index (χ0) is 22.7. The van der Waals surface area contributed by atoms with Gasteiger partial charge in [-0.3, -0.25) is 4.79 Å². The predicted octanol–water partition coefficient (Wildman–Crippen LogP) is 6.59. The first kappa shape index (κ1) is 28.2. The molecule has 0 aliphatic heterocycles. The predicted molar refractivity (Wildman–Crippen MR) is 131 cm³/mol. The molecule has 4 heteroatoms. The van der Waals surface area contributed by atoms with Crippen molar-refractivity contribution in [1.29, 1.82) is 0 Å². The highest BCUT2D eigenvalue weighted by atomic mass is 16.3. The monoisotopic (exact) mass is 437 g/mol. The Balaban J connectivity index is 2.09. The van der Waals surface area contributed by atoms with Crippen LogP contribution in [-0.4, -0.2) is 34.9 Å². The van der Waals surface area contributed by atoms with Crippen LogP contribution in [0.3, 0.4) is 0 Å². The maximum atomic E-state index is 12.1. The summed E-state index contributed by atoms with van der Waals surface area (Å²) in [6.07, 6.45) is 22.0. The number of carbonyl (C=O) groups excluding carboxylic acids is 1. The van der Waals surface area contributed by atoms with E-state index in [4.69, 9.17) is 0 Å². The van der Waals surface area contributed by atoms with Gasteiger partial charge in [-0.15, -0.1) is 0 Å². The number of aliphatic hydroxyl groups is 2. The Kier molecular flexibility index (Phi) is 17.0. The highest BCUT2D eigenvalue weighted by molar-refractivity contribution is 5.76. The van der Waals surface area contributed by atoms with Crippen molar-refractivity contribution in [2.24, 2.45) is 0 Å². The van der Waals surface area contributed by atoms with Crippen molar-refractivity contribution in [1.82, 2.24) is 5.32 Å². The van der Waals surface area contributed by atoms with Crippen molar-refractivity contribution in [2.75, 3.05) is 6.61 Å². The van der Waals surface area contributed by atoms with E-state index in [1.54, 1.807) is 0 Å². The minimum atomic E-state index is -0.725. The molecule has 0 aromatic carbocycles. The molecule has 182 valence electrons. The Bertz CT molecular complexity index is 489. The van der Waals surface area contributed by atoms with Crippen LogP contribution in [0, 0.1) is 0 Å². The molecule has 0 bridgehead atoms. The van der Waals surface area contributed by atoms with E-state index in [9.17, 15) is 15.0 Å². The van der Waals surface area contributed by atoms with Crippen LogP contribution in [0.1, 0.15) is 136 Å². The summed E-state index contributed by atoms with van der Waals surface area (Å²) in [4.78, 5) is 12.1. The van der Waals surface area contributed by atoms with Crippen LogP contribution in [0.25, 0.3) is 0 Å². The number of unbranched alkanes of at least 4 members (excludes halogenated alkanes) is 14. The van der Waals surface area contributed by atoms with Crippen molar-refractivity contribution >= 4 is 5.91 Å². The molecule has 0 fully saturated rings. The summed E-state index contributed by atoms with van der Waals surface area (Å²) in [6.45, 7) is 4.23. The second-order valence-electron chi connectivity index (χ2n) is 9.56. The molecule has 0 radical (unpaired) electrons. The standard InChI is InChI=1S/C27H51NO3/c1-3-5-7-9-10-11-12-13-14-16-17-19-23-21-24(23)27(31)25(22-29)28-26(30)20-18-15-8-6-4-2/h25,27,29,31H,3-22H2,1-2H3,(H,28,30)/t25-,27-/m1/s1. The van der Waals surface area contributed by atoms with E-state index in [1.165, 1.54) is 95.5 Å². The molecule has 0 unspecified atom stereocenters. The average molecular weight is 438 g/mol. The highest BCUT2D eigenvalue weighted by Crippen LogP contribution is 2.38. The Morgan fingerprint density at radius 3 is 1.81 bits per heavy atom. The first-order chi connectivity index (χ1) is 15.1. The maximum absolute atomic E-state index is 12.1. The van der Waals surface area contributed by atoms with Crippen LogP contribution in [0.4, 0.5) is 0 Å². The molecule has 1 amide bonds. The lowest BCUT2D eigenvalue weighted by atomic mass is 10.0. The van der Waals surface area contributed by atoms with Gasteiger partial charge < -0.3 is 15.5 Å². The number of aliphatic hydroxyl groups excluding tert-OH is 2. The number of allylic oxidation sites excluding steroid dienone is 1. The van der Waals surface area contributed by atoms with Crippen LogP contribution in [0.15, 0.2) is 11.1 Å². The lowest BCUT2D eigenvalue weighted by molar-refractivity contribution is -0.123. The summed E-state index contributed by atoms with van der Waals surface area (Å²) < 4.78 is 0. The molecule has 31 heavy (non-hydrogen) atoms. The molecule has 1 aliphatic carbocycles. The van der Waals surface area contributed by atoms with Gasteiger partial charge in [0.25, 0.3) is 0 Å². The summed E-state index contributed by atoms with van der Waals surface area (Å²) in [5.74, 6) is -0.0530.